The summed E-state index contributed by atoms with van der Waals surface area (Å²) in [6.45, 7) is 7.43. The first-order valence-electron chi connectivity index (χ1n) is 7.69. The van der Waals surface area contributed by atoms with Gasteiger partial charge in [0.25, 0.3) is 0 Å². The van der Waals surface area contributed by atoms with Gasteiger partial charge in [-0.25, -0.2) is 9.78 Å². The molecule has 5 nitrogen and oxygen atoms in total. The smallest absolute Gasteiger partial charge is 0.308 e. The number of carbonyl (C=O) groups is 1. The van der Waals surface area contributed by atoms with Crippen LogP contribution in [0, 0.1) is 5.95 Å². The van der Waals surface area contributed by atoms with Crippen LogP contribution in [0.4, 0.5) is 20.6 Å². The van der Waals surface area contributed by atoms with Crippen molar-refractivity contribution in [2.24, 2.45) is 0 Å². The number of aryl methyl sites for hydroxylation is 1. The van der Waals surface area contributed by atoms with Crippen LogP contribution in [-0.4, -0.2) is 16.0 Å². The van der Waals surface area contributed by atoms with E-state index in [0.717, 1.165) is 23.8 Å². The van der Waals surface area contributed by atoms with Gasteiger partial charge in [-0.2, -0.15) is 4.39 Å². The molecule has 0 aliphatic rings. The first-order valence-corrected chi connectivity index (χ1v) is 7.69. The molecule has 0 aliphatic carbocycles. The number of hydrogen-bond acceptors (Lipinski definition) is 3. The number of nitrogens with zero attached hydrogens (tertiary/aromatic N) is 2. The number of carbonyl (C=O) groups excluding carboxylic acids is 1. The molecule has 2 aromatic heterocycles. The highest BCUT2D eigenvalue weighted by atomic mass is 19.1. The van der Waals surface area contributed by atoms with Gasteiger partial charge in [-0.1, -0.05) is 31.4 Å². The van der Waals surface area contributed by atoms with Crippen molar-refractivity contribution >= 4 is 17.4 Å². The van der Waals surface area contributed by atoms with Crippen molar-refractivity contribution in [2.45, 2.75) is 12.8 Å². The zero-order valence-electron chi connectivity index (χ0n) is 13.7. The maximum Gasteiger partial charge on any atom is 0.323 e. The molecule has 2 aromatic rings. The Morgan fingerprint density at radius 1 is 1.16 bits per heavy atom. The minimum absolute atomic E-state index is 0. The van der Waals surface area contributed by atoms with Crippen molar-refractivity contribution in [3.8, 4) is 0 Å². The summed E-state index contributed by atoms with van der Waals surface area (Å²) in [5, 5.41) is 5.24. The van der Waals surface area contributed by atoms with Gasteiger partial charge in [0, 0.05) is 38.4 Å². The van der Waals surface area contributed by atoms with E-state index in [1.54, 1.807) is 30.5 Å². The van der Waals surface area contributed by atoms with E-state index in [-0.39, 0.29) is 2.85 Å². The maximum absolute atomic E-state index is 13.0. The topological polar surface area (TPSA) is 66.9 Å². The first-order chi connectivity index (χ1) is 12.1. The van der Waals surface area contributed by atoms with Crippen LogP contribution in [0.2, 0.25) is 0 Å². The molecule has 2 rings (SSSR count). The molecule has 0 fully saturated rings. The summed E-state index contributed by atoms with van der Waals surface area (Å²) in [4.78, 5) is 19.7. The summed E-state index contributed by atoms with van der Waals surface area (Å²) < 4.78 is 13.0. The zero-order valence-corrected chi connectivity index (χ0v) is 13.7. The predicted octanol–water partition coefficient (Wildman–Crippen LogP) is 4.98. The predicted molar refractivity (Wildman–Crippen MR) is 102 cm³/mol. The third kappa shape index (κ3) is 6.02. The summed E-state index contributed by atoms with van der Waals surface area (Å²) in [6, 6.07) is 5.65. The normalized spacial score (nSPS) is 10.8. The lowest BCUT2D eigenvalue weighted by atomic mass is 10.1. The fourth-order valence-electron chi connectivity index (χ4n) is 2.14. The summed E-state index contributed by atoms with van der Waals surface area (Å²) in [5.74, 6) is -0.658. The molecule has 2 amide bonds. The lowest BCUT2D eigenvalue weighted by Gasteiger charge is -2.09. The number of amides is 2. The molecule has 6 heteroatoms. The maximum atomic E-state index is 13.0. The van der Waals surface area contributed by atoms with Crippen LogP contribution in [-0.2, 0) is 6.42 Å². The average molecular weight is 342 g/mol. The number of aromatic nitrogens is 2. The highest BCUT2D eigenvalue weighted by Crippen LogP contribution is 2.14. The number of allylic oxidation sites excluding steroid dienone is 4. The molecule has 0 saturated heterocycles. The number of anilines is 2. The Morgan fingerprint density at radius 2 is 1.84 bits per heavy atom. The Kier molecular flexibility index (Phi) is 6.59. The quantitative estimate of drug-likeness (QED) is 0.551. The van der Waals surface area contributed by atoms with Crippen LogP contribution < -0.4 is 10.6 Å². The van der Waals surface area contributed by atoms with Crippen molar-refractivity contribution in [1.29, 1.82) is 0 Å². The summed E-state index contributed by atoms with van der Waals surface area (Å²) in [6.07, 6.45) is 9.79. The molecule has 2 N–H and O–H groups in total. The van der Waals surface area contributed by atoms with Gasteiger partial charge in [0.1, 0.15) is 0 Å². The molecule has 0 aliphatic heterocycles. The fraction of sp³-hybridized carbons (Fsp3) is 0.105. The van der Waals surface area contributed by atoms with E-state index in [0.29, 0.717) is 17.8 Å². The number of nitrogens with one attached hydrogen (secondary N) is 2. The second-order valence-corrected chi connectivity index (χ2v) is 5.16. The fourth-order valence-corrected chi connectivity index (χ4v) is 2.14. The molecule has 0 bridgehead atoms. The van der Waals surface area contributed by atoms with Crippen LogP contribution in [0.5, 0.6) is 0 Å². The van der Waals surface area contributed by atoms with E-state index in [1.807, 2.05) is 6.08 Å². The summed E-state index contributed by atoms with van der Waals surface area (Å²) in [5.41, 5.74) is 2.83. The lowest BCUT2D eigenvalue weighted by molar-refractivity contribution is 0.262. The van der Waals surface area contributed by atoms with Crippen molar-refractivity contribution in [2.75, 3.05) is 10.6 Å². The van der Waals surface area contributed by atoms with Crippen LogP contribution in [0.15, 0.2) is 73.6 Å². The molecule has 2 heterocycles. The molecule has 132 valence electrons. The van der Waals surface area contributed by atoms with Crippen molar-refractivity contribution in [3.63, 3.8) is 0 Å². The zero-order chi connectivity index (χ0) is 18.1. The van der Waals surface area contributed by atoms with Crippen LogP contribution in [0.25, 0.3) is 0 Å². The number of halogens is 1. The molecule has 0 spiro atoms. The van der Waals surface area contributed by atoms with Gasteiger partial charge in [0.2, 0.25) is 5.95 Å². The van der Waals surface area contributed by atoms with Gasteiger partial charge in [0.05, 0.1) is 0 Å². The second kappa shape index (κ2) is 9.12. The third-order valence-corrected chi connectivity index (χ3v) is 3.32. The van der Waals surface area contributed by atoms with Crippen LogP contribution in [0.1, 0.15) is 15.0 Å². The van der Waals surface area contributed by atoms with Gasteiger partial charge in [-0.3, -0.25) is 4.98 Å². The number of urea groups is 1. The molecular weight excluding hydrogens is 319 g/mol. The minimum atomic E-state index is -0.658. The third-order valence-electron chi connectivity index (χ3n) is 3.32. The van der Waals surface area contributed by atoms with Crippen molar-refractivity contribution in [3.05, 3.63) is 85.3 Å². The molecule has 0 unspecified atom stereocenters. The van der Waals surface area contributed by atoms with E-state index < -0.39 is 12.0 Å². The molecule has 0 saturated carbocycles. The lowest BCUT2D eigenvalue weighted by Crippen LogP contribution is -2.19. The van der Waals surface area contributed by atoms with E-state index in [4.69, 9.17) is 0 Å². The first kappa shape index (κ1) is 18.1. The standard InChI is InChI=1S/C19H19FN4O.2H2/c1-3-5-14(4-2)6-7-15-12-16(8-10-21-15)23-19(25)24-17-9-11-22-18(20)13-17;;/h3-5,8-13H,1-2,6-7H2,(H2,21,22,23,24,25);2*1H/b14-5+;;. The van der Waals surface area contributed by atoms with Gasteiger partial charge < -0.3 is 10.6 Å². The second-order valence-electron chi connectivity index (χ2n) is 5.16. The highest BCUT2D eigenvalue weighted by molar-refractivity contribution is 5.99. The Morgan fingerprint density at radius 3 is 2.48 bits per heavy atom. The summed E-state index contributed by atoms with van der Waals surface area (Å²) in [7, 11) is 0. The molecule has 0 radical (unpaired) electrons. The number of hydrogen-bond donors (Lipinski definition) is 2. The van der Waals surface area contributed by atoms with Crippen LogP contribution >= 0.6 is 0 Å². The van der Waals surface area contributed by atoms with Crippen LogP contribution in [0.3, 0.4) is 0 Å². The molecule has 0 aromatic carbocycles. The largest absolute Gasteiger partial charge is 0.323 e. The Balaban J connectivity index is 0.00000338. The Bertz CT molecular complexity index is 812. The number of pyridine rings is 2. The summed E-state index contributed by atoms with van der Waals surface area (Å²) >= 11 is 0. The van der Waals surface area contributed by atoms with E-state index >= 15 is 0 Å². The van der Waals surface area contributed by atoms with Crippen molar-refractivity contribution in [1.82, 2.24) is 9.97 Å². The van der Waals surface area contributed by atoms with E-state index in [1.165, 1.54) is 12.3 Å². The van der Waals surface area contributed by atoms with Crippen molar-refractivity contribution < 1.29 is 12.0 Å². The Labute approximate surface area is 149 Å². The molecule has 25 heavy (non-hydrogen) atoms. The highest BCUT2D eigenvalue weighted by Gasteiger charge is 2.05. The van der Waals surface area contributed by atoms with Gasteiger partial charge >= 0.3 is 6.03 Å². The van der Waals surface area contributed by atoms with E-state index in [2.05, 4.69) is 33.8 Å². The Hall–Kier alpha value is -3.28. The van der Waals surface area contributed by atoms with E-state index in [9.17, 15) is 9.18 Å². The molecule has 0 atom stereocenters. The van der Waals surface area contributed by atoms with Gasteiger partial charge in [-0.15, -0.1) is 0 Å². The minimum Gasteiger partial charge on any atom is -0.308 e. The average Bonchev–Trinajstić information content (AvgIpc) is 2.59. The SMILES string of the molecule is C=C/C=C(\C=C)CCc1cc(NC(=O)Nc2ccnc(F)c2)ccn1.[HH].[HH]. The number of rotatable bonds is 7. The molecular formula is C19H23FN4O. The monoisotopic (exact) mass is 342 g/mol. The van der Waals surface area contributed by atoms with Gasteiger partial charge in [-0.05, 0) is 36.6 Å². The van der Waals surface area contributed by atoms with Gasteiger partial charge in [0.15, 0.2) is 0 Å².